The number of nitrogens with two attached hydrogens (primary N) is 1. The maximum absolute atomic E-state index is 10.9. The van der Waals surface area contributed by atoms with Crippen molar-refractivity contribution in [3.05, 3.63) is 50.9 Å². The molecule has 2 aromatic rings. The molecule has 1 aromatic carbocycles. The van der Waals surface area contributed by atoms with Gasteiger partial charge in [0, 0.05) is 10.4 Å². The van der Waals surface area contributed by atoms with Crippen LogP contribution < -0.4 is 5.73 Å². The molecule has 0 aliphatic rings. The fourth-order valence-electron chi connectivity index (χ4n) is 1.86. The molecular weight excluding hydrogens is 292 g/mol. The van der Waals surface area contributed by atoms with Crippen molar-refractivity contribution in [2.75, 3.05) is 0 Å². The number of benzene rings is 1. The molecule has 0 saturated heterocycles. The number of rotatable bonds is 4. The van der Waals surface area contributed by atoms with Crippen molar-refractivity contribution in [1.29, 1.82) is 0 Å². The molecule has 0 bridgehead atoms. The van der Waals surface area contributed by atoms with Crippen molar-refractivity contribution < 1.29 is 4.79 Å². The first-order valence-electron chi connectivity index (χ1n) is 5.92. The second kappa shape index (κ2) is 5.66. The second-order valence-electron chi connectivity index (χ2n) is 4.55. The number of terminal acetylenes is 1. The summed E-state index contributed by atoms with van der Waals surface area (Å²) in [6.45, 7) is 1.92. The van der Waals surface area contributed by atoms with Gasteiger partial charge in [-0.3, -0.25) is 4.79 Å². The lowest BCUT2D eigenvalue weighted by Gasteiger charge is -2.22. The van der Waals surface area contributed by atoms with Crippen LogP contribution in [0.4, 0.5) is 0 Å². The molecule has 5 heteroatoms. The van der Waals surface area contributed by atoms with Gasteiger partial charge in [-0.25, -0.2) is 4.98 Å². The maximum Gasteiger partial charge on any atom is 0.224 e. The lowest BCUT2D eigenvalue weighted by molar-refractivity contribution is -0.117. The zero-order chi connectivity index (χ0) is 14.8. The van der Waals surface area contributed by atoms with Crippen molar-refractivity contribution in [2.24, 2.45) is 5.73 Å². The van der Waals surface area contributed by atoms with Crippen LogP contribution in [-0.2, 0) is 16.6 Å². The van der Waals surface area contributed by atoms with E-state index in [-0.39, 0.29) is 6.42 Å². The molecule has 0 aliphatic carbocycles. The Labute approximate surface area is 126 Å². The van der Waals surface area contributed by atoms with Gasteiger partial charge >= 0.3 is 0 Å². The van der Waals surface area contributed by atoms with Crippen LogP contribution in [0, 0.1) is 12.3 Å². The monoisotopic (exact) mass is 304 g/mol. The number of aromatic nitrogens is 1. The van der Waals surface area contributed by atoms with Gasteiger partial charge in [0.2, 0.25) is 5.91 Å². The minimum absolute atomic E-state index is 0.131. The van der Waals surface area contributed by atoms with E-state index in [9.17, 15) is 4.79 Å². The number of hydrogen-bond acceptors (Lipinski definition) is 3. The molecule has 102 valence electrons. The molecule has 1 unspecified atom stereocenters. The van der Waals surface area contributed by atoms with Gasteiger partial charge in [0.25, 0.3) is 0 Å². The van der Waals surface area contributed by atoms with E-state index in [2.05, 4.69) is 10.9 Å². The van der Waals surface area contributed by atoms with Gasteiger partial charge in [-0.2, -0.15) is 0 Å². The molecule has 0 spiro atoms. The third-order valence-electron chi connectivity index (χ3n) is 3.10. The highest BCUT2D eigenvalue weighted by Gasteiger charge is 2.29. The Bertz CT molecular complexity index is 672. The van der Waals surface area contributed by atoms with E-state index in [1.54, 1.807) is 12.1 Å². The van der Waals surface area contributed by atoms with E-state index in [1.165, 1.54) is 11.3 Å². The molecule has 3 nitrogen and oxygen atoms in total. The molecule has 0 fully saturated rings. The number of halogens is 1. The van der Waals surface area contributed by atoms with E-state index < -0.39 is 11.3 Å². The van der Waals surface area contributed by atoms with Crippen molar-refractivity contribution >= 4 is 28.8 Å². The summed E-state index contributed by atoms with van der Waals surface area (Å²) in [4.78, 5) is 15.4. The normalized spacial score (nSPS) is 13.4. The van der Waals surface area contributed by atoms with Crippen LogP contribution in [0.25, 0.3) is 0 Å². The molecule has 0 saturated carbocycles. The Morgan fingerprint density at radius 2 is 2.15 bits per heavy atom. The highest BCUT2D eigenvalue weighted by Crippen LogP contribution is 2.32. The fraction of sp³-hybridized carbons (Fsp3) is 0.200. The largest absolute Gasteiger partial charge is 0.369 e. The lowest BCUT2D eigenvalue weighted by atomic mass is 9.81. The number of thiazole rings is 1. The van der Waals surface area contributed by atoms with E-state index in [1.807, 2.05) is 24.4 Å². The Morgan fingerprint density at radius 1 is 1.50 bits per heavy atom. The maximum atomic E-state index is 10.9. The van der Waals surface area contributed by atoms with Crippen LogP contribution >= 0.6 is 22.9 Å². The van der Waals surface area contributed by atoms with Gasteiger partial charge in [-0.05, 0) is 24.6 Å². The summed E-state index contributed by atoms with van der Waals surface area (Å²) in [5.74, 6) is 2.38. The third-order valence-corrected chi connectivity index (χ3v) is 4.20. The van der Waals surface area contributed by atoms with Crippen molar-refractivity contribution in [3.63, 3.8) is 0 Å². The van der Waals surface area contributed by atoms with E-state index >= 15 is 0 Å². The van der Waals surface area contributed by atoms with Crippen LogP contribution in [0.2, 0.25) is 5.02 Å². The van der Waals surface area contributed by atoms with Crippen LogP contribution in [0.3, 0.4) is 0 Å². The number of amides is 1. The third kappa shape index (κ3) is 2.84. The van der Waals surface area contributed by atoms with Crippen LogP contribution in [0.5, 0.6) is 0 Å². The summed E-state index contributed by atoms with van der Waals surface area (Å²) >= 11 is 7.28. The fourth-order valence-corrected chi connectivity index (χ4v) is 2.90. The summed E-state index contributed by atoms with van der Waals surface area (Å²) in [5, 5.41) is 3.19. The summed E-state index contributed by atoms with van der Waals surface area (Å²) in [6, 6.07) is 7.36. The number of hydrogen-bond donors (Lipinski definition) is 1. The zero-order valence-corrected chi connectivity index (χ0v) is 12.5. The molecule has 0 aliphatic heterocycles. The number of primary amides is 1. The first-order chi connectivity index (χ1) is 9.45. The molecule has 0 radical (unpaired) electrons. The minimum atomic E-state index is -0.656. The molecule has 1 aromatic heterocycles. The van der Waals surface area contributed by atoms with Crippen molar-refractivity contribution in [2.45, 2.75) is 18.8 Å². The molecule has 2 N–H and O–H groups in total. The number of nitrogens with zero attached hydrogens (tertiary/aromatic N) is 1. The average Bonchev–Trinajstić information content (AvgIpc) is 2.87. The Hall–Kier alpha value is -1.83. The van der Waals surface area contributed by atoms with Gasteiger partial charge in [0.1, 0.15) is 5.01 Å². The molecule has 1 atom stereocenters. The summed E-state index contributed by atoms with van der Waals surface area (Å²) in [6.07, 6.45) is 5.84. The van der Waals surface area contributed by atoms with E-state index in [0.717, 1.165) is 11.3 Å². The van der Waals surface area contributed by atoms with Gasteiger partial charge in [-0.15, -0.1) is 17.8 Å². The quantitative estimate of drug-likeness (QED) is 0.883. The van der Waals surface area contributed by atoms with E-state index in [0.29, 0.717) is 10.0 Å². The average molecular weight is 305 g/mol. The highest BCUT2D eigenvalue weighted by molar-refractivity contribution is 7.09. The first kappa shape index (κ1) is 14.6. The molecular formula is C15H13ClN2OS. The predicted octanol–water partition coefficient (Wildman–Crippen LogP) is 2.76. The summed E-state index contributed by atoms with van der Waals surface area (Å²) < 4.78 is 0. The van der Waals surface area contributed by atoms with Gasteiger partial charge in [0.05, 0.1) is 17.5 Å². The van der Waals surface area contributed by atoms with Gasteiger partial charge < -0.3 is 5.73 Å². The minimum Gasteiger partial charge on any atom is -0.369 e. The van der Waals surface area contributed by atoms with Crippen LogP contribution in [-0.4, -0.2) is 10.9 Å². The van der Waals surface area contributed by atoms with Crippen molar-refractivity contribution in [1.82, 2.24) is 4.98 Å². The number of carbonyl (C=O) groups excluding carboxylic acids is 1. The van der Waals surface area contributed by atoms with Crippen molar-refractivity contribution in [3.8, 4) is 12.3 Å². The van der Waals surface area contributed by atoms with Gasteiger partial charge in [-0.1, -0.05) is 29.7 Å². The zero-order valence-electron chi connectivity index (χ0n) is 10.9. The Kier molecular flexibility index (Phi) is 4.12. The van der Waals surface area contributed by atoms with Gasteiger partial charge in [0.15, 0.2) is 0 Å². The number of carbonyl (C=O) groups is 1. The second-order valence-corrected chi connectivity index (χ2v) is 5.92. The summed E-state index contributed by atoms with van der Waals surface area (Å²) in [5.41, 5.74) is 6.19. The lowest BCUT2D eigenvalue weighted by Crippen LogP contribution is -2.22. The Morgan fingerprint density at radius 3 is 2.70 bits per heavy atom. The summed E-state index contributed by atoms with van der Waals surface area (Å²) in [7, 11) is 0. The van der Waals surface area contributed by atoms with Crippen LogP contribution in [0.1, 0.15) is 23.2 Å². The van der Waals surface area contributed by atoms with Crippen LogP contribution in [0.15, 0.2) is 29.6 Å². The molecule has 1 amide bonds. The SMILES string of the molecule is C#CC(C)(c1ccc(Cl)cc1)c1csc(CC(N)=O)n1. The smallest absolute Gasteiger partial charge is 0.224 e. The Balaban J connectivity index is 2.40. The molecule has 20 heavy (non-hydrogen) atoms. The first-order valence-corrected chi connectivity index (χ1v) is 7.18. The standard InChI is InChI=1S/C15H13ClN2OS/c1-3-15(2,10-4-6-11(16)7-5-10)12-9-20-14(18-12)8-13(17)19/h1,4-7,9H,8H2,2H3,(H2,17,19). The molecule has 1 heterocycles. The highest BCUT2D eigenvalue weighted by atomic mass is 35.5. The van der Waals surface area contributed by atoms with E-state index in [4.69, 9.17) is 23.8 Å². The topological polar surface area (TPSA) is 56.0 Å². The molecule has 2 rings (SSSR count). The predicted molar refractivity (Wildman–Crippen MR) is 81.8 cm³/mol.